The molecule has 2 unspecified atom stereocenters. The third-order valence-electron chi connectivity index (χ3n) is 2.09. The van der Waals surface area contributed by atoms with Gasteiger partial charge in [0.1, 0.15) is 0 Å². The second-order valence-electron chi connectivity index (χ2n) is 3.34. The van der Waals surface area contributed by atoms with Crippen molar-refractivity contribution in [2.75, 3.05) is 24.7 Å². The lowest BCUT2D eigenvalue weighted by Crippen LogP contribution is -2.37. The van der Waals surface area contributed by atoms with E-state index in [0.717, 1.165) is 0 Å². The van der Waals surface area contributed by atoms with Gasteiger partial charge in [-0.3, -0.25) is 0 Å². The summed E-state index contributed by atoms with van der Waals surface area (Å²) in [6, 6.07) is -0.0637. The Morgan fingerprint density at radius 2 is 2.23 bits per heavy atom. The van der Waals surface area contributed by atoms with Gasteiger partial charge in [-0.2, -0.15) is 0 Å². The van der Waals surface area contributed by atoms with Gasteiger partial charge in [-0.15, -0.1) is 0 Å². The van der Waals surface area contributed by atoms with E-state index in [-0.39, 0.29) is 30.7 Å². The molecular formula is C7H15NO4S. The molecule has 6 heteroatoms. The first-order valence-electron chi connectivity index (χ1n) is 4.26. The van der Waals surface area contributed by atoms with Crippen LogP contribution in [0, 0.1) is 0 Å². The van der Waals surface area contributed by atoms with Crippen LogP contribution in [0.15, 0.2) is 0 Å². The summed E-state index contributed by atoms with van der Waals surface area (Å²) in [5.41, 5.74) is 0. The highest BCUT2D eigenvalue weighted by Crippen LogP contribution is 2.10. The number of sulfone groups is 1. The molecule has 1 aliphatic heterocycles. The molecular weight excluding hydrogens is 194 g/mol. The minimum atomic E-state index is -2.86. The van der Waals surface area contributed by atoms with Crippen molar-refractivity contribution in [3.8, 4) is 0 Å². The maximum absolute atomic E-state index is 11.0. The summed E-state index contributed by atoms with van der Waals surface area (Å²) >= 11 is 0. The van der Waals surface area contributed by atoms with Crippen LogP contribution in [0.25, 0.3) is 0 Å². The first-order chi connectivity index (χ1) is 6.03. The predicted molar refractivity (Wildman–Crippen MR) is 48.2 cm³/mol. The van der Waals surface area contributed by atoms with E-state index in [4.69, 9.17) is 10.2 Å². The molecule has 1 fully saturated rings. The fraction of sp³-hybridized carbons (Fsp3) is 1.00. The summed E-state index contributed by atoms with van der Waals surface area (Å²) in [7, 11) is -2.86. The lowest BCUT2D eigenvalue weighted by molar-refractivity contribution is 0.0925. The first kappa shape index (κ1) is 10.9. The van der Waals surface area contributed by atoms with Gasteiger partial charge in [0.15, 0.2) is 9.84 Å². The van der Waals surface area contributed by atoms with Crippen LogP contribution in [0.5, 0.6) is 0 Å². The van der Waals surface area contributed by atoms with Crippen molar-refractivity contribution in [2.45, 2.75) is 18.6 Å². The second kappa shape index (κ2) is 4.36. The van der Waals surface area contributed by atoms with Gasteiger partial charge < -0.3 is 15.5 Å². The first-order valence-corrected chi connectivity index (χ1v) is 6.08. The molecule has 1 rings (SSSR count). The molecule has 0 saturated carbocycles. The summed E-state index contributed by atoms with van der Waals surface area (Å²) in [6.45, 7) is -0.0524. The Morgan fingerprint density at radius 3 is 2.69 bits per heavy atom. The van der Waals surface area contributed by atoms with Gasteiger partial charge in [-0.1, -0.05) is 0 Å². The van der Waals surface area contributed by atoms with Gasteiger partial charge in [0.05, 0.1) is 24.2 Å². The van der Waals surface area contributed by atoms with Gasteiger partial charge in [0, 0.05) is 12.6 Å². The standard InChI is InChI=1S/C7H15NO4S/c9-4-7(10)3-8-6-1-2-13(11,12)5-6/h6-10H,1-5H2. The highest BCUT2D eigenvalue weighted by molar-refractivity contribution is 7.91. The Labute approximate surface area is 77.7 Å². The number of rotatable bonds is 4. The highest BCUT2D eigenvalue weighted by atomic mass is 32.2. The summed E-state index contributed by atoms with van der Waals surface area (Å²) < 4.78 is 22.0. The fourth-order valence-corrected chi connectivity index (χ4v) is 3.03. The normalized spacial score (nSPS) is 28.9. The molecule has 13 heavy (non-hydrogen) atoms. The average Bonchev–Trinajstić information content (AvgIpc) is 2.41. The second-order valence-corrected chi connectivity index (χ2v) is 5.57. The molecule has 0 aromatic carbocycles. The monoisotopic (exact) mass is 209 g/mol. The highest BCUT2D eigenvalue weighted by Gasteiger charge is 2.27. The van der Waals surface area contributed by atoms with E-state index in [0.29, 0.717) is 6.42 Å². The van der Waals surface area contributed by atoms with Crippen LogP contribution in [-0.4, -0.2) is 55.4 Å². The van der Waals surface area contributed by atoms with Crippen molar-refractivity contribution in [2.24, 2.45) is 0 Å². The van der Waals surface area contributed by atoms with E-state index >= 15 is 0 Å². The van der Waals surface area contributed by atoms with Crippen LogP contribution < -0.4 is 5.32 Å². The molecule has 1 saturated heterocycles. The molecule has 0 amide bonds. The summed E-state index contributed by atoms with van der Waals surface area (Å²) in [5, 5.41) is 20.4. The molecule has 1 heterocycles. The van der Waals surface area contributed by atoms with Crippen LogP contribution >= 0.6 is 0 Å². The lowest BCUT2D eigenvalue weighted by Gasteiger charge is -2.13. The van der Waals surface area contributed by atoms with E-state index < -0.39 is 15.9 Å². The largest absolute Gasteiger partial charge is 0.394 e. The van der Waals surface area contributed by atoms with Crippen LogP contribution in [0.2, 0.25) is 0 Å². The van der Waals surface area contributed by atoms with E-state index in [9.17, 15) is 8.42 Å². The van der Waals surface area contributed by atoms with Gasteiger partial charge in [-0.05, 0) is 6.42 Å². The molecule has 2 atom stereocenters. The zero-order chi connectivity index (χ0) is 9.90. The smallest absolute Gasteiger partial charge is 0.151 e. The molecule has 1 aliphatic rings. The maximum Gasteiger partial charge on any atom is 0.151 e. The third kappa shape index (κ3) is 3.60. The molecule has 3 N–H and O–H groups in total. The summed E-state index contributed by atoms with van der Waals surface area (Å²) in [4.78, 5) is 0. The molecule has 0 radical (unpaired) electrons. The van der Waals surface area contributed by atoms with Crippen LogP contribution in [-0.2, 0) is 9.84 Å². The molecule has 0 aromatic heterocycles. The zero-order valence-corrected chi connectivity index (χ0v) is 8.13. The predicted octanol–water partition coefficient (Wildman–Crippen LogP) is -1.88. The Morgan fingerprint density at radius 1 is 1.54 bits per heavy atom. The Bertz CT molecular complexity index is 251. The number of aliphatic hydroxyl groups is 2. The Balaban J connectivity index is 2.25. The van der Waals surface area contributed by atoms with Crippen LogP contribution in [0.3, 0.4) is 0 Å². The molecule has 0 spiro atoms. The number of nitrogens with one attached hydrogen (secondary N) is 1. The molecule has 0 bridgehead atoms. The van der Waals surface area contributed by atoms with E-state index in [2.05, 4.69) is 5.32 Å². The topological polar surface area (TPSA) is 86.6 Å². The Hall–Kier alpha value is -0.170. The van der Waals surface area contributed by atoms with Crippen molar-refractivity contribution in [3.63, 3.8) is 0 Å². The fourth-order valence-electron chi connectivity index (χ4n) is 1.32. The SMILES string of the molecule is O=S1(=O)CCC(NCC(O)CO)C1. The van der Waals surface area contributed by atoms with Gasteiger partial charge >= 0.3 is 0 Å². The van der Waals surface area contributed by atoms with Crippen LogP contribution in [0.1, 0.15) is 6.42 Å². The van der Waals surface area contributed by atoms with Crippen molar-refractivity contribution in [3.05, 3.63) is 0 Å². The van der Waals surface area contributed by atoms with Gasteiger partial charge in [0.2, 0.25) is 0 Å². The van der Waals surface area contributed by atoms with Crippen molar-refractivity contribution in [1.29, 1.82) is 0 Å². The number of aliphatic hydroxyl groups excluding tert-OH is 2. The molecule has 0 aliphatic carbocycles. The summed E-state index contributed by atoms with van der Waals surface area (Å²) in [5.74, 6) is 0.366. The quantitative estimate of drug-likeness (QED) is 0.504. The molecule has 5 nitrogen and oxygen atoms in total. The maximum atomic E-state index is 11.0. The minimum Gasteiger partial charge on any atom is -0.394 e. The number of hydrogen-bond donors (Lipinski definition) is 3. The number of hydrogen-bond acceptors (Lipinski definition) is 5. The van der Waals surface area contributed by atoms with Crippen LogP contribution in [0.4, 0.5) is 0 Å². The van der Waals surface area contributed by atoms with Gasteiger partial charge in [0.25, 0.3) is 0 Å². The zero-order valence-electron chi connectivity index (χ0n) is 7.31. The van der Waals surface area contributed by atoms with E-state index in [1.165, 1.54) is 0 Å². The lowest BCUT2D eigenvalue weighted by atomic mass is 10.2. The van der Waals surface area contributed by atoms with Crippen molar-refractivity contribution < 1.29 is 18.6 Å². The third-order valence-corrected chi connectivity index (χ3v) is 3.85. The van der Waals surface area contributed by atoms with E-state index in [1.807, 2.05) is 0 Å². The average molecular weight is 209 g/mol. The van der Waals surface area contributed by atoms with Gasteiger partial charge in [-0.25, -0.2) is 8.42 Å². The summed E-state index contributed by atoms with van der Waals surface area (Å²) in [6.07, 6.45) is -0.205. The van der Waals surface area contributed by atoms with Crippen molar-refractivity contribution in [1.82, 2.24) is 5.32 Å². The minimum absolute atomic E-state index is 0.0637. The molecule has 0 aromatic rings. The van der Waals surface area contributed by atoms with E-state index in [1.54, 1.807) is 0 Å². The van der Waals surface area contributed by atoms with Crippen molar-refractivity contribution >= 4 is 9.84 Å². The Kier molecular flexibility index (Phi) is 3.66. The molecule has 78 valence electrons.